The monoisotopic (exact) mass is 388 g/mol. The van der Waals surface area contributed by atoms with Gasteiger partial charge >= 0.3 is 0 Å². The Morgan fingerprint density at radius 1 is 1.19 bits per heavy atom. The third-order valence-electron chi connectivity index (χ3n) is 4.10. The molecule has 2 N–H and O–H groups in total. The number of carbonyl (C=O) groups is 1. The van der Waals surface area contributed by atoms with Gasteiger partial charge in [-0.15, -0.1) is 0 Å². The van der Waals surface area contributed by atoms with E-state index >= 15 is 0 Å². The van der Waals surface area contributed by atoms with Gasteiger partial charge in [0.2, 0.25) is 0 Å². The van der Waals surface area contributed by atoms with E-state index in [0.717, 1.165) is 0 Å². The summed E-state index contributed by atoms with van der Waals surface area (Å²) in [7, 11) is -3.51. The van der Waals surface area contributed by atoms with Crippen LogP contribution in [0.25, 0.3) is 10.9 Å². The fourth-order valence-corrected chi connectivity index (χ4v) is 3.59. The molecule has 0 aliphatic rings. The van der Waals surface area contributed by atoms with Gasteiger partial charge in [-0.1, -0.05) is 6.92 Å². The van der Waals surface area contributed by atoms with Crippen LogP contribution in [0.4, 0.5) is 10.1 Å². The number of phenols is 1. The lowest BCUT2D eigenvalue weighted by atomic mass is 10.1. The predicted octanol–water partition coefficient (Wildman–Crippen LogP) is 3.43. The number of rotatable bonds is 4. The largest absolute Gasteiger partial charge is 0.506 e. The summed E-state index contributed by atoms with van der Waals surface area (Å²) in [4.78, 5) is 17.0. The molecule has 0 fully saturated rings. The Kier molecular flexibility index (Phi) is 4.84. The average Bonchev–Trinajstić information content (AvgIpc) is 2.63. The minimum absolute atomic E-state index is 0.0140. The van der Waals surface area contributed by atoms with Crippen LogP contribution in [0.3, 0.4) is 0 Å². The van der Waals surface area contributed by atoms with Crippen LogP contribution in [0.1, 0.15) is 23.0 Å². The van der Waals surface area contributed by atoms with Crippen molar-refractivity contribution in [1.29, 1.82) is 0 Å². The smallest absolute Gasteiger partial charge is 0.256 e. The first-order valence-electron chi connectivity index (χ1n) is 8.15. The molecule has 0 aliphatic heterocycles. The first-order valence-corrected chi connectivity index (χ1v) is 9.80. The normalized spacial score (nSPS) is 11.5. The number of anilines is 1. The van der Waals surface area contributed by atoms with Crippen LogP contribution < -0.4 is 5.32 Å². The Morgan fingerprint density at radius 2 is 1.93 bits per heavy atom. The third kappa shape index (κ3) is 3.75. The number of nitrogens with one attached hydrogen (secondary N) is 1. The number of pyridine rings is 1. The minimum atomic E-state index is -3.51. The molecule has 6 nitrogen and oxygen atoms in total. The van der Waals surface area contributed by atoms with Gasteiger partial charge in [-0.2, -0.15) is 0 Å². The van der Waals surface area contributed by atoms with Gasteiger partial charge in [-0.05, 0) is 49.4 Å². The molecule has 140 valence electrons. The lowest BCUT2D eigenvalue weighted by molar-refractivity contribution is 0.102. The highest BCUT2D eigenvalue weighted by Crippen LogP contribution is 2.28. The third-order valence-corrected chi connectivity index (χ3v) is 5.83. The zero-order valence-electron chi connectivity index (χ0n) is 14.7. The van der Waals surface area contributed by atoms with Gasteiger partial charge in [-0.3, -0.25) is 9.78 Å². The van der Waals surface area contributed by atoms with E-state index in [-0.39, 0.29) is 27.6 Å². The first-order chi connectivity index (χ1) is 12.7. The van der Waals surface area contributed by atoms with E-state index in [0.29, 0.717) is 16.6 Å². The number of aromatic hydroxyl groups is 1. The van der Waals surface area contributed by atoms with Gasteiger partial charge in [0.1, 0.15) is 11.6 Å². The molecule has 0 bridgehead atoms. The maximum absolute atomic E-state index is 13.6. The van der Waals surface area contributed by atoms with E-state index in [1.165, 1.54) is 49.4 Å². The maximum Gasteiger partial charge on any atom is 0.256 e. The van der Waals surface area contributed by atoms with Crippen LogP contribution >= 0.6 is 0 Å². The van der Waals surface area contributed by atoms with Crippen molar-refractivity contribution in [2.75, 3.05) is 11.1 Å². The van der Waals surface area contributed by atoms with E-state index in [1.54, 1.807) is 6.92 Å². The molecule has 1 amide bonds. The number of hydrogen-bond donors (Lipinski definition) is 2. The lowest BCUT2D eigenvalue weighted by Gasteiger charge is -2.12. The number of fused-ring (bicyclic) bond motifs is 1. The van der Waals surface area contributed by atoms with E-state index in [4.69, 9.17) is 0 Å². The molecule has 0 aliphatic carbocycles. The molecule has 8 heteroatoms. The highest BCUT2D eigenvalue weighted by Gasteiger charge is 2.18. The van der Waals surface area contributed by atoms with Gasteiger partial charge in [0.25, 0.3) is 5.91 Å². The second kappa shape index (κ2) is 6.96. The van der Waals surface area contributed by atoms with Crippen LogP contribution in [-0.4, -0.2) is 30.2 Å². The van der Waals surface area contributed by atoms with E-state index < -0.39 is 21.6 Å². The Labute approximate surface area is 155 Å². The Balaban J connectivity index is 2.05. The number of aromatic nitrogens is 1. The quantitative estimate of drug-likeness (QED) is 0.668. The molecule has 0 radical (unpaired) electrons. The molecule has 2 aromatic carbocycles. The Morgan fingerprint density at radius 3 is 2.63 bits per heavy atom. The zero-order chi connectivity index (χ0) is 19.8. The van der Waals surface area contributed by atoms with Crippen molar-refractivity contribution in [3.63, 3.8) is 0 Å². The molecular formula is C19H17FN2O4S. The van der Waals surface area contributed by atoms with Gasteiger partial charge in [0.15, 0.2) is 9.84 Å². The summed E-state index contributed by atoms with van der Waals surface area (Å²) >= 11 is 0. The van der Waals surface area contributed by atoms with E-state index in [2.05, 4.69) is 10.3 Å². The van der Waals surface area contributed by atoms with Gasteiger partial charge < -0.3 is 10.4 Å². The number of nitrogens with zero attached hydrogens (tertiary/aromatic N) is 1. The highest BCUT2D eigenvalue weighted by molar-refractivity contribution is 7.91. The molecule has 0 spiro atoms. The van der Waals surface area contributed by atoms with Gasteiger partial charge in [0.05, 0.1) is 27.4 Å². The minimum Gasteiger partial charge on any atom is -0.506 e. The van der Waals surface area contributed by atoms with Gasteiger partial charge in [-0.25, -0.2) is 12.8 Å². The molecule has 1 aromatic heterocycles. The molecule has 3 aromatic rings. The molecule has 0 unspecified atom stereocenters. The van der Waals surface area contributed by atoms with Crippen molar-refractivity contribution in [2.24, 2.45) is 0 Å². The fraction of sp³-hybridized carbons (Fsp3) is 0.158. The zero-order valence-corrected chi connectivity index (χ0v) is 15.5. The van der Waals surface area contributed by atoms with Crippen LogP contribution in [0.15, 0.2) is 47.4 Å². The SMILES string of the molecule is CCS(=O)(=O)c1ccc(O)c(NC(=O)c2cc(C)nc3ccc(F)cc23)c1. The standard InChI is InChI=1S/C19H17FN2O4S/c1-3-27(25,26)13-5-7-18(23)17(10-13)22-19(24)15-8-11(2)21-16-6-4-12(20)9-14(15)16/h4-10,23H,3H2,1-2H3,(H,22,24). The summed E-state index contributed by atoms with van der Waals surface area (Å²) in [5.41, 5.74) is 1.13. The fourth-order valence-electron chi connectivity index (χ4n) is 2.68. The van der Waals surface area contributed by atoms with Crippen LogP contribution in [0.2, 0.25) is 0 Å². The van der Waals surface area contributed by atoms with E-state index in [9.17, 15) is 22.7 Å². The highest BCUT2D eigenvalue weighted by atomic mass is 32.2. The van der Waals surface area contributed by atoms with Gasteiger partial charge in [0, 0.05) is 11.1 Å². The summed E-state index contributed by atoms with van der Waals surface area (Å²) in [6, 6.07) is 9.10. The number of hydrogen-bond acceptors (Lipinski definition) is 5. The van der Waals surface area contributed by atoms with Crippen molar-refractivity contribution in [3.05, 3.63) is 59.5 Å². The van der Waals surface area contributed by atoms with Crippen molar-refractivity contribution in [1.82, 2.24) is 4.98 Å². The topological polar surface area (TPSA) is 96.4 Å². The number of sulfone groups is 1. The molecule has 0 saturated heterocycles. The summed E-state index contributed by atoms with van der Waals surface area (Å²) in [6.07, 6.45) is 0. The molecule has 0 atom stereocenters. The first kappa shape index (κ1) is 18.8. The van der Waals surface area contributed by atoms with E-state index in [1.807, 2.05) is 0 Å². The molecule has 3 rings (SSSR count). The molecule has 27 heavy (non-hydrogen) atoms. The van der Waals surface area contributed by atoms with Crippen LogP contribution in [0, 0.1) is 12.7 Å². The summed E-state index contributed by atoms with van der Waals surface area (Å²) in [5.74, 6) is -1.52. The number of halogens is 1. The number of carbonyl (C=O) groups excluding carboxylic acids is 1. The van der Waals surface area contributed by atoms with Crippen molar-refractivity contribution in [3.8, 4) is 5.75 Å². The van der Waals surface area contributed by atoms with Crippen LogP contribution in [0.5, 0.6) is 5.75 Å². The second-order valence-corrected chi connectivity index (χ2v) is 8.29. The predicted molar refractivity (Wildman–Crippen MR) is 100 cm³/mol. The molecule has 1 heterocycles. The Bertz CT molecular complexity index is 1160. The summed E-state index contributed by atoms with van der Waals surface area (Å²) in [6.45, 7) is 3.20. The number of amides is 1. The second-order valence-electron chi connectivity index (χ2n) is 6.01. The Hall–Kier alpha value is -3.00. The number of aryl methyl sites for hydroxylation is 1. The van der Waals surface area contributed by atoms with Crippen molar-refractivity contribution >= 4 is 32.3 Å². The lowest BCUT2D eigenvalue weighted by Crippen LogP contribution is -2.14. The van der Waals surface area contributed by atoms with Crippen LogP contribution in [-0.2, 0) is 9.84 Å². The average molecular weight is 388 g/mol. The number of benzene rings is 2. The summed E-state index contributed by atoms with van der Waals surface area (Å²) in [5, 5.41) is 12.8. The molecular weight excluding hydrogens is 371 g/mol. The van der Waals surface area contributed by atoms with Crippen molar-refractivity contribution < 1.29 is 22.7 Å². The maximum atomic E-state index is 13.6. The summed E-state index contributed by atoms with van der Waals surface area (Å²) < 4.78 is 37.7. The molecule has 0 saturated carbocycles. The number of phenolic OH excluding ortho intramolecular Hbond substituents is 1. The van der Waals surface area contributed by atoms with Crippen molar-refractivity contribution in [2.45, 2.75) is 18.7 Å².